The van der Waals surface area contributed by atoms with Crippen molar-refractivity contribution in [2.75, 3.05) is 16.6 Å². The maximum absolute atomic E-state index is 12.7. The van der Waals surface area contributed by atoms with Gasteiger partial charge < -0.3 is 10.1 Å². The largest absolute Gasteiger partial charge is 0.484 e. The summed E-state index contributed by atoms with van der Waals surface area (Å²) in [4.78, 5) is 12.2. The second-order valence-electron chi connectivity index (χ2n) is 7.19. The summed E-state index contributed by atoms with van der Waals surface area (Å²) >= 11 is 5.91. The fourth-order valence-corrected chi connectivity index (χ4v) is 4.22. The molecule has 0 heterocycles. The number of sulfonamides is 1. The first-order valence-electron chi connectivity index (χ1n) is 9.53. The van der Waals surface area contributed by atoms with E-state index in [9.17, 15) is 13.2 Å². The molecule has 0 aliphatic heterocycles. The molecule has 0 saturated carbocycles. The standard InChI is InChI=1S/C23H23ClN2O4S/c1-15-4-5-16(2)22(12-15)26-31(28,29)20-9-7-19(8-10-20)30-14-23(27)25-21-11-6-18(24)13-17(21)3/h4-13,26H,14H2,1-3H3,(H,25,27). The predicted octanol–water partition coefficient (Wildman–Crippen LogP) is 5.08. The van der Waals surface area contributed by atoms with Gasteiger partial charge in [-0.3, -0.25) is 9.52 Å². The van der Waals surface area contributed by atoms with E-state index in [4.69, 9.17) is 16.3 Å². The molecular formula is C23H23ClN2O4S. The van der Waals surface area contributed by atoms with Gasteiger partial charge in [0.2, 0.25) is 0 Å². The minimum absolute atomic E-state index is 0.0991. The normalized spacial score (nSPS) is 11.1. The minimum atomic E-state index is -3.75. The molecule has 0 fully saturated rings. The second kappa shape index (κ2) is 9.41. The molecule has 0 aromatic heterocycles. The third-order valence-corrected chi connectivity index (χ3v) is 6.22. The number of benzene rings is 3. The highest BCUT2D eigenvalue weighted by atomic mass is 35.5. The molecule has 162 valence electrons. The summed E-state index contributed by atoms with van der Waals surface area (Å²) in [6.07, 6.45) is 0. The van der Waals surface area contributed by atoms with E-state index in [1.165, 1.54) is 24.3 Å². The number of aryl methyl sites for hydroxylation is 3. The van der Waals surface area contributed by atoms with Crippen LogP contribution in [0.2, 0.25) is 5.02 Å². The van der Waals surface area contributed by atoms with Gasteiger partial charge in [0.15, 0.2) is 6.61 Å². The van der Waals surface area contributed by atoms with Crippen LogP contribution in [0.5, 0.6) is 5.75 Å². The van der Waals surface area contributed by atoms with Gasteiger partial charge in [-0.05, 0) is 86.0 Å². The molecule has 0 radical (unpaired) electrons. The van der Waals surface area contributed by atoms with Crippen molar-refractivity contribution in [3.63, 3.8) is 0 Å². The van der Waals surface area contributed by atoms with E-state index >= 15 is 0 Å². The first-order chi connectivity index (χ1) is 14.6. The summed E-state index contributed by atoms with van der Waals surface area (Å²) in [5.74, 6) is 0.0485. The summed E-state index contributed by atoms with van der Waals surface area (Å²) in [6.45, 7) is 5.36. The molecule has 0 bridgehead atoms. The number of anilines is 2. The maximum Gasteiger partial charge on any atom is 0.262 e. The molecular weight excluding hydrogens is 436 g/mol. The van der Waals surface area contributed by atoms with E-state index in [1.54, 1.807) is 24.3 Å². The van der Waals surface area contributed by atoms with Crippen LogP contribution in [0.25, 0.3) is 0 Å². The van der Waals surface area contributed by atoms with E-state index < -0.39 is 10.0 Å². The SMILES string of the molecule is Cc1ccc(C)c(NS(=O)(=O)c2ccc(OCC(=O)Nc3ccc(Cl)cc3C)cc2)c1. The van der Waals surface area contributed by atoms with Crippen LogP contribution in [-0.4, -0.2) is 20.9 Å². The smallest absolute Gasteiger partial charge is 0.262 e. The molecule has 0 unspecified atom stereocenters. The Hall–Kier alpha value is -3.03. The molecule has 31 heavy (non-hydrogen) atoms. The third kappa shape index (κ3) is 5.99. The Labute approximate surface area is 187 Å². The van der Waals surface area contributed by atoms with E-state index in [2.05, 4.69) is 10.0 Å². The lowest BCUT2D eigenvalue weighted by Gasteiger charge is -2.12. The number of hydrogen-bond donors (Lipinski definition) is 2. The fourth-order valence-electron chi connectivity index (χ4n) is 2.87. The van der Waals surface area contributed by atoms with Gasteiger partial charge >= 0.3 is 0 Å². The lowest BCUT2D eigenvalue weighted by molar-refractivity contribution is -0.118. The predicted molar refractivity (Wildman–Crippen MR) is 123 cm³/mol. The van der Waals surface area contributed by atoms with Crippen LogP contribution >= 0.6 is 11.6 Å². The van der Waals surface area contributed by atoms with Crippen LogP contribution in [0.1, 0.15) is 16.7 Å². The average Bonchev–Trinajstić information content (AvgIpc) is 2.71. The molecule has 3 aromatic carbocycles. The zero-order valence-corrected chi connectivity index (χ0v) is 19.0. The molecule has 8 heteroatoms. The number of amides is 1. The lowest BCUT2D eigenvalue weighted by atomic mass is 10.1. The summed E-state index contributed by atoms with van der Waals surface area (Å²) < 4.78 is 33.4. The van der Waals surface area contributed by atoms with Crippen LogP contribution in [0.15, 0.2) is 65.6 Å². The number of carbonyl (C=O) groups excluding carboxylic acids is 1. The van der Waals surface area contributed by atoms with Gasteiger partial charge in [-0.15, -0.1) is 0 Å². The Morgan fingerprint density at radius 1 is 0.903 bits per heavy atom. The Kier molecular flexibility index (Phi) is 6.87. The first-order valence-corrected chi connectivity index (χ1v) is 11.4. The molecule has 1 amide bonds. The number of hydrogen-bond acceptors (Lipinski definition) is 4. The van der Waals surface area contributed by atoms with Gasteiger partial charge in [0, 0.05) is 10.7 Å². The molecule has 0 spiro atoms. The highest BCUT2D eigenvalue weighted by Crippen LogP contribution is 2.23. The second-order valence-corrected chi connectivity index (χ2v) is 9.31. The van der Waals surface area contributed by atoms with Crippen LogP contribution in [0.3, 0.4) is 0 Å². The number of carbonyl (C=O) groups is 1. The summed E-state index contributed by atoms with van der Waals surface area (Å²) in [5.41, 5.74) is 3.81. The highest BCUT2D eigenvalue weighted by Gasteiger charge is 2.16. The quantitative estimate of drug-likeness (QED) is 0.516. The lowest BCUT2D eigenvalue weighted by Crippen LogP contribution is -2.20. The Morgan fingerprint density at radius 2 is 1.61 bits per heavy atom. The van der Waals surface area contributed by atoms with Crippen LogP contribution in [0, 0.1) is 20.8 Å². The summed E-state index contributed by atoms with van der Waals surface area (Å²) in [6, 6.07) is 16.6. The van der Waals surface area contributed by atoms with Crippen LogP contribution < -0.4 is 14.8 Å². The molecule has 0 aliphatic carbocycles. The third-order valence-electron chi connectivity index (χ3n) is 4.60. The van der Waals surface area contributed by atoms with Crippen molar-refractivity contribution in [2.45, 2.75) is 25.7 Å². The van der Waals surface area contributed by atoms with E-state index in [0.717, 1.165) is 16.7 Å². The van der Waals surface area contributed by atoms with Gasteiger partial charge in [-0.2, -0.15) is 0 Å². The van der Waals surface area contributed by atoms with Crippen molar-refractivity contribution >= 4 is 38.9 Å². The van der Waals surface area contributed by atoms with E-state index in [-0.39, 0.29) is 17.4 Å². The molecule has 6 nitrogen and oxygen atoms in total. The number of nitrogens with one attached hydrogen (secondary N) is 2. The Morgan fingerprint density at radius 3 is 2.29 bits per heavy atom. The first kappa shape index (κ1) is 22.7. The Bertz CT molecular complexity index is 1210. The minimum Gasteiger partial charge on any atom is -0.484 e. The van der Waals surface area contributed by atoms with Gasteiger partial charge in [0.25, 0.3) is 15.9 Å². The van der Waals surface area contributed by atoms with Crippen molar-refractivity contribution in [1.29, 1.82) is 0 Å². The van der Waals surface area contributed by atoms with Crippen molar-refractivity contribution in [1.82, 2.24) is 0 Å². The van der Waals surface area contributed by atoms with E-state index in [0.29, 0.717) is 22.1 Å². The number of rotatable bonds is 7. The number of ether oxygens (including phenoxy) is 1. The molecule has 0 saturated heterocycles. The van der Waals surface area contributed by atoms with Crippen molar-refractivity contribution in [3.05, 3.63) is 82.4 Å². The van der Waals surface area contributed by atoms with Crippen LogP contribution in [-0.2, 0) is 14.8 Å². The fraction of sp³-hybridized carbons (Fsp3) is 0.174. The highest BCUT2D eigenvalue weighted by molar-refractivity contribution is 7.92. The zero-order chi connectivity index (χ0) is 22.6. The van der Waals surface area contributed by atoms with Crippen LogP contribution in [0.4, 0.5) is 11.4 Å². The maximum atomic E-state index is 12.7. The van der Waals surface area contributed by atoms with Crippen molar-refractivity contribution < 1.29 is 17.9 Å². The molecule has 0 atom stereocenters. The van der Waals surface area contributed by atoms with Crippen molar-refractivity contribution in [2.24, 2.45) is 0 Å². The molecule has 2 N–H and O–H groups in total. The average molecular weight is 459 g/mol. The molecule has 3 aromatic rings. The van der Waals surface area contributed by atoms with E-state index in [1.807, 2.05) is 32.9 Å². The Balaban J connectivity index is 1.61. The summed E-state index contributed by atoms with van der Waals surface area (Å²) in [7, 11) is -3.75. The monoisotopic (exact) mass is 458 g/mol. The van der Waals surface area contributed by atoms with Gasteiger partial charge in [0.1, 0.15) is 5.75 Å². The summed E-state index contributed by atoms with van der Waals surface area (Å²) in [5, 5.41) is 3.34. The van der Waals surface area contributed by atoms with Gasteiger partial charge in [-0.25, -0.2) is 8.42 Å². The number of halogens is 1. The van der Waals surface area contributed by atoms with Gasteiger partial charge in [-0.1, -0.05) is 23.7 Å². The van der Waals surface area contributed by atoms with Crippen molar-refractivity contribution in [3.8, 4) is 5.75 Å². The van der Waals surface area contributed by atoms with Gasteiger partial charge in [0.05, 0.1) is 10.6 Å². The molecule has 0 aliphatic rings. The molecule has 3 rings (SSSR count). The zero-order valence-electron chi connectivity index (χ0n) is 17.4. The topological polar surface area (TPSA) is 84.5 Å².